The Balaban J connectivity index is 1.95. The number of carboxylic acids is 1. The average Bonchev–Trinajstić information content (AvgIpc) is 3.05. The molecule has 2 heterocycles. The van der Waals surface area contributed by atoms with Crippen LogP contribution in [0.1, 0.15) is 16.1 Å². The molecule has 1 unspecified atom stereocenters. The van der Waals surface area contributed by atoms with Gasteiger partial charge in [-0.15, -0.1) is 11.3 Å². The maximum Gasteiger partial charge on any atom is 0.331 e. The number of fused-ring (bicyclic) bond motifs is 1. The first-order valence-electron chi connectivity index (χ1n) is 6.44. The quantitative estimate of drug-likeness (QED) is 0.882. The van der Waals surface area contributed by atoms with Crippen LogP contribution in [0.15, 0.2) is 18.2 Å². The van der Waals surface area contributed by atoms with Gasteiger partial charge in [-0.05, 0) is 12.1 Å². The Morgan fingerprint density at radius 2 is 2.14 bits per heavy atom. The molecule has 5 nitrogen and oxygen atoms in total. The van der Waals surface area contributed by atoms with Crippen LogP contribution in [0.3, 0.4) is 0 Å². The zero-order valence-corrected chi connectivity index (χ0v) is 13.5. The van der Waals surface area contributed by atoms with Crippen molar-refractivity contribution in [3.8, 4) is 0 Å². The highest BCUT2D eigenvalue weighted by molar-refractivity contribution is 7.21. The molecule has 1 fully saturated rings. The van der Waals surface area contributed by atoms with Gasteiger partial charge in [-0.2, -0.15) is 0 Å². The van der Waals surface area contributed by atoms with Crippen LogP contribution >= 0.6 is 34.5 Å². The number of amides is 1. The molecule has 1 aromatic heterocycles. The lowest BCUT2D eigenvalue weighted by molar-refractivity contribution is -0.144. The first kappa shape index (κ1) is 15.6. The summed E-state index contributed by atoms with van der Waals surface area (Å²) in [6.07, 6.45) is 0.225. The number of benzene rings is 1. The van der Waals surface area contributed by atoms with Crippen molar-refractivity contribution in [3.05, 3.63) is 33.1 Å². The maximum atomic E-state index is 12.4. The summed E-state index contributed by atoms with van der Waals surface area (Å²) in [5.41, 5.74) is -1.39. The predicted octanol–water partition coefficient (Wildman–Crippen LogP) is 3.18. The van der Waals surface area contributed by atoms with E-state index in [0.29, 0.717) is 22.0 Å². The number of aliphatic carboxylic acids is 1. The third-order valence-corrected chi connectivity index (χ3v) is 5.47. The lowest BCUT2D eigenvalue weighted by atomic mass is 9.99. The van der Waals surface area contributed by atoms with Crippen LogP contribution in [0.25, 0.3) is 10.1 Å². The summed E-state index contributed by atoms with van der Waals surface area (Å²) in [6, 6.07) is 5.14. The molecule has 1 amide bonds. The number of ether oxygens (including phenoxy) is 1. The third kappa shape index (κ3) is 2.56. The van der Waals surface area contributed by atoms with Crippen LogP contribution in [0.4, 0.5) is 0 Å². The van der Waals surface area contributed by atoms with Crippen LogP contribution in [0, 0.1) is 0 Å². The monoisotopic (exact) mass is 359 g/mol. The molecule has 8 heteroatoms. The van der Waals surface area contributed by atoms with Crippen LogP contribution in [-0.4, -0.2) is 35.7 Å². The number of carbonyl (C=O) groups excluding carboxylic acids is 1. The second-order valence-electron chi connectivity index (χ2n) is 5.03. The van der Waals surface area contributed by atoms with E-state index in [0.717, 1.165) is 4.70 Å². The Morgan fingerprint density at radius 3 is 2.77 bits per heavy atom. The topological polar surface area (TPSA) is 75.6 Å². The first-order valence-corrected chi connectivity index (χ1v) is 8.01. The molecule has 0 bridgehead atoms. The van der Waals surface area contributed by atoms with Gasteiger partial charge in [-0.3, -0.25) is 4.79 Å². The number of thiophene rings is 1. The minimum atomic E-state index is -1.39. The van der Waals surface area contributed by atoms with Crippen LogP contribution in [0.2, 0.25) is 10.0 Å². The van der Waals surface area contributed by atoms with Crippen molar-refractivity contribution >= 4 is 56.5 Å². The number of hydrogen-bond donors (Lipinski definition) is 2. The van der Waals surface area contributed by atoms with Crippen molar-refractivity contribution in [2.75, 3.05) is 13.2 Å². The summed E-state index contributed by atoms with van der Waals surface area (Å²) >= 11 is 13.4. The normalized spacial score (nSPS) is 21.2. The number of rotatable bonds is 3. The molecule has 0 spiro atoms. The van der Waals surface area contributed by atoms with Gasteiger partial charge in [0.1, 0.15) is 4.88 Å². The molecule has 116 valence electrons. The van der Waals surface area contributed by atoms with Gasteiger partial charge in [0.2, 0.25) is 0 Å². The van der Waals surface area contributed by atoms with Gasteiger partial charge in [-0.25, -0.2) is 4.79 Å². The van der Waals surface area contributed by atoms with Gasteiger partial charge in [0, 0.05) is 28.1 Å². The molecule has 1 aromatic carbocycles. The fourth-order valence-electron chi connectivity index (χ4n) is 2.34. The van der Waals surface area contributed by atoms with Gasteiger partial charge in [0.15, 0.2) is 5.54 Å². The van der Waals surface area contributed by atoms with Gasteiger partial charge in [0.25, 0.3) is 5.91 Å². The molecule has 0 saturated carbocycles. The first-order chi connectivity index (χ1) is 10.4. The molecule has 2 aromatic rings. The molecule has 22 heavy (non-hydrogen) atoms. The van der Waals surface area contributed by atoms with Gasteiger partial charge in [-0.1, -0.05) is 29.3 Å². The number of carbonyl (C=O) groups is 2. The number of halogens is 2. The second kappa shape index (κ2) is 5.70. The minimum absolute atomic E-state index is 0.0532. The largest absolute Gasteiger partial charge is 0.479 e. The van der Waals surface area contributed by atoms with E-state index < -0.39 is 17.4 Å². The summed E-state index contributed by atoms with van der Waals surface area (Å²) in [4.78, 5) is 24.2. The summed E-state index contributed by atoms with van der Waals surface area (Å²) in [7, 11) is 0. The average molecular weight is 360 g/mol. The van der Waals surface area contributed by atoms with E-state index in [1.165, 1.54) is 11.3 Å². The van der Waals surface area contributed by atoms with Crippen LogP contribution < -0.4 is 5.32 Å². The number of nitrogens with one attached hydrogen (secondary N) is 1. The Bertz CT molecular complexity index is 768. The Labute approximate surface area is 139 Å². The van der Waals surface area contributed by atoms with E-state index in [-0.39, 0.29) is 17.9 Å². The summed E-state index contributed by atoms with van der Waals surface area (Å²) in [6.45, 7) is 0.241. The fourth-order valence-corrected chi connectivity index (χ4v) is 4.03. The van der Waals surface area contributed by atoms with Crippen molar-refractivity contribution in [2.45, 2.75) is 12.0 Å². The highest BCUT2D eigenvalue weighted by atomic mass is 35.5. The molecule has 1 aliphatic rings. The van der Waals surface area contributed by atoms with E-state index in [1.807, 2.05) is 0 Å². The lowest BCUT2D eigenvalue weighted by Crippen LogP contribution is -2.55. The Hall–Kier alpha value is -1.34. The predicted molar refractivity (Wildman–Crippen MR) is 85.1 cm³/mol. The van der Waals surface area contributed by atoms with Crippen LogP contribution in [0.5, 0.6) is 0 Å². The van der Waals surface area contributed by atoms with Crippen molar-refractivity contribution in [1.29, 1.82) is 0 Å². The summed E-state index contributed by atoms with van der Waals surface area (Å²) < 4.78 is 5.89. The van der Waals surface area contributed by atoms with Gasteiger partial charge in [0.05, 0.1) is 11.6 Å². The van der Waals surface area contributed by atoms with E-state index in [2.05, 4.69) is 5.32 Å². The molecule has 3 rings (SSSR count). The Morgan fingerprint density at radius 1 is 1.36 bits per heavy atom. The molecular formula is C14H11Cl2NO4S. The summed E-state index contributed by atoms with van der Waals surface area (Å²) in [5, 5.41) is 13.5. The third-order valence-electron chi connectivity index (χ3n) is 3.58. The highest BCUT2D eigenvalue weighted by Gasteiger charge is 2.44. The SMILES string of the molecule is O=C(NC1(C(=O)O)CCOC1)c1sc2cc(Cl)ccc2c1Cl. The maximum absolute atomic E-state index is 12.4. The van der Waals surface area contributed by atoms with Crippen molar-refractivity contribution in [3.63, 3.8) is 0 Å². The zero-order valence-electron chi connectivity index (χ0n) is 11.2. The van der Waals surface area contributed by atoms with Crippen molar-refractivity contribution < 1.29 is 19.4 Å². The second-order valence-corrected chi connectivity index (χ2v) is 6.90. The van der Waals surface area contributed by atoms with Crippen LogP contribution in [-0.2, 0) is 9.53 Å². The molecule has 1 saturated heterocycles. The minimum Gasteiger partial charge on any atom is -0.479 e. The van der Waals surface area contributed by atoms with Crippen molar-refractivity contribution in [1.82, 2.24) is 5.32 Å². The fraction of sp³-hybridized carbons (Fsp3) is 0.286. The van der Waals surface area contributed by atoms with Gasteiger partial charge < -0.3 is 15.2 Å². The molecule has 1 atom stereocenters. The number of hydrogen-bond acceptors (Lipinski definition) is 4. The molecule has 0 aliphatic carbocycles. The molecular weight excluding hydrogens is 349 g/mol. The van der Waals surface area contributed by atoms with E-state index in [9.17, 15) is 14.7 Å². The van der Waals surface area contributed by atoms with Gasteiger partial charge >= 0.3 is 5.97 Å². The Kier molecular flexibility index (Phi) is 4.03. The summed E-state index contributed by atoms with van der Waals surface area (Å²) in [5.74, 6) is -1.63. The van der Waals surface area contributed by atoms with E-state index in [1.54, 1.807) is 18.2 Å². The molecule has 0 radical (unpaired) electrons. The number of carboxylic acid groups (broad SMARTS) is 1. The van der Waals surface area contributed by atoms with E-state index in [4.69, 9.17) is 27.9 Å². The zero-order chi connectivity index (χ0) is 15.9. The lowest BCUT2D eigenvalue weighted by Gasteiger charge is -2.23. The van der Waals surface area contributed by atoms with Crippen molar-refractivity contribution in [2.24, 2.45) is 0 Å². The molecule has 2 N–H and O–H groups in total. The highest BCUT2D eigenvalue weighted by Crippen LogP contribution is 2.37. The van der Waals surface area contributed by atoms with E-state index >= 15 is 0 Å². The smallest absolute Gasteiger partial charge is 0.331 e. The standard InChI is InChI=1S/C14H11Cl2NO4S/c15-7-1-2-8-9(5-7)22-11(10(8)16)12(18)17-14(13(19)20)3-4-21-6-14/h1-2,5H,3-4,6H2,(H,17,18)(H,19,20). The molecule has 1 aliphatic heterocycles.